The van der Waals surface area contributed by atoms with Crippen molar-refractivity contribution in [3.8, 4) is 11.3 Å². The molecule has 0 spiro atoms. The van der Waals surface area contributed by atoms with Crippen molar-refractivity contribution in [2.24, 2.45) is 13.0 Å². The highest BCUT2D eigenvalue weighted by molar-refractivity contribution is 5.92. The fourth-order valence-corrected chi connectivity index (χ4v) is 4.12. The Morgan fingerprint density at radius 3 is 2.39 bits per heavy atom. The van der Waals surface area contributed by atoms with Crippen LogP contribution in [0.5, 0.6) is 0 Å². The molecule has 0 bridgehead atoms. The molecule has 0 aliphatic heterocycles. The van der Waals surface area contributed by atoms with E-state index in [1.807, 2.05) is 0 Å². The molecule has 2 saturated carbocycles. The third-order valence-corrected chi connectivity index (χ3v) is 5.64. The minimum Gasteiger partial charge on any atom is -0.309 e. The molecule has 1 aromatic carbocycles. The molecule has 1 N–H and O–H groups in total. The fraction of sp³-hybridized carbons (Fsp3) is 0.500. The Morgan fingerprint density at radius 2 is 1.86 bits per heavy atom. The molecule has 1 heterocycles. The first kappa shape index (κ1) is 19.0. The van der Waals surface area contributed by atoms with Gasteiger partial charge in [0.1, 0.15) is 11.6 Å². The molecule has 8 heteroatoms. The van der Waals surface area contributed by atoms with Crippen LogP contribution in [0.15, 0.2) is 18.2 Å². The highest BCUT2D eigenvalue weighted by atomic mass is 19.3. The van der Waals surface area contributed by atoms with Gasteiger partial charge in [0.2, 0.25) is 11.8 Å². The molecule has 1 amide bonds. The second-order valence-electron chi connectivity index (χ2n) is 7.90. The number of rotatable bonds is 5. The molecule has 28 heavy (non-hydrogen) atoms. The number of hydrogen-bond donors (Lipinski definition) is 1. The predicted molar refractivity (Wildman–Crippen MR) is 96.1 cm³/mol. The molecule has 0 atom stereocenters. The van der Waals surface area contributed by atoms with Gasteiger partial charge in [-0.05, 0) is 36.8 Å². The Hall–Kier alpha value is -2.38. The van der Waals surface area contributed by atoms with E-state index in [0.717, 1.165) is 30.9 Å². The van der Waals surface area contributed by atoms with Crippen LogP contribution < -0.4 is 5.32 Å². The van der Waals surface area contributed by atoms with Crippen molar-refractivity contribution < 1.29 is 22.4 Å². The van der Waals surface area contributed by atoms with Gasteiger partial charge in [-0.3, -0.25) is 9.48 Å². The van der Waals surface area contributed by atoms with Gasteiger partial charge in [-0.2, -0.15) is 5.10 Å². The summed E-state index contributed by atoms with van der Waals surface area (Å²) in [6.45, 7) is 0. The number of anilines is 1. The summed E-state index contributed by atoms with van der Waals surface area (Å²) in [6.07, 6.45) is 2.29. The van der Waals surface area contributed by atoms with E-state index in [-0.39, 0.29) is 37.0 Å². The quantitative estimate of drug-likeness (QED) is 0.724. The van der Waals surface area contributed by atoms with Gasteiger partial charge in [-0.1, -0.05) is 6.42 Å². The Morgan fingerprint density at radius 1 is 1.21 bits per heavy atom. The number of aromatic nitrogens is 2. The molecule has 4 nitrogen and oxygen atoms in total. The standard InChI is InChI=1S/C20H21F4N3O/c1-27-18(13-6-14(21)8-15(22)7-13)17(12-3-2-4-12)19(26-27)25-16(28)5-11-9-20(23,24)10-11/h6-8,11-12H,2-5,9-10H2,1H3,(H,25,26,28). The van der Waals surface area contributed by atoms with E-state index < -0.39 is 17.6 Å². The lowest BCUT2D eigenvalue weighted by atomic mass is 9.78. The maximum absolute atomic E-state index is 13.7. The van der Waals surface area contributed by atoms with E-state index in [2.05, 4.69) is 10.4 Å². The number of nitrogens with zero attached hydrogens (tertiary/aromatic N) is 2. The monoisotopic (exact) mass is 395 g/mol. The molecule has 2 aliphatic rings. The van der Waals surface area contributed by atoms with Crippen molar-refractivity contribution >= 4 is 11.7 Å². The summed E-state index contributed by atoms with van der Waals surface area (Å²) in [7, 11) is 1.66. The maximum atomic E-state index is 13.7. The lowest BCUT2D eigenvalue weighted by Gasteiger charge is -2.34. The van der Waals surface area contributed by atoms with Crippen LogP contribution in [0, 0.1) is 17.6 Å². The van der Waals surface area contributed by atoms with E-state index in [0.29, 0.717) is 17.1 Å². The minimum absolute atomic E-state index is 0.0141. The summed E-state index contributed by atoms with van der Waals surface area (Å²) < 4.78 is 55.0. The minimum atomic E-state index is -2.67. The first-order valence-corrected chi connectivity index (χ1v) is 9.43. The number of benzene rings is 1. The van der Waals surface area contributed by atoms with Gasteiger partial charge in [0, 0.05) is 43.5 Å². The van der Waals surface area contributed by atoms with Crippen LogP contribution in [0.1, 0.15) is 50.0 Å². The predicted octanol–water partition coefficient (Wildman–Crippen LogP) is 5.01. The van der Waals surface area contributed by atoms with Crippen LogP contribution in [-0.2, 0) is 11.8 Å². The number of hydrogen-bond acceptors (Lipinski definition) is 2. The molecule has 4 rings (SSSR count). The molecule has 0 unspecified atom stereocenters. The second kappa shape index (κ2) is 6.90. The normalized spacial score (nSPS) is 19.2. The zero-order chi connectivity index (χ0) is 20.1. The van der Waals surface area contributed by atoms with Crippen LogP contribution in [0.3, 0.4) is 0 Å². The molecule has 2 fully saturated rings. The fourth-order valence-electron chi connectivity index (χ4n) is 4.12. The van der Waals surface area contributed by atoms with Gasteiger partial charge in [-0.15, -0.1) is 0 Å². The molecule has 1 aromatic heterocycles. The van der Waals surface area contributed by atoms with E-state index >= 15 is 0 Å². The molecule has 2 aromatic rings. The van der Waals surface area contributed by atoms with Gasteiger partial charge < -0.3 is 5.32 Å². The zero-order valence-corrected chi connectivity index (χ0v) is 15.4. The van der Waals surface area contributed by atoms with E-state index in [9.17, 15) is 22.4 Å². The first-order chi connectivity index (χ1) is 13.2. The average Bonchev–Trinajstić information content (AvgIpc) is 2.78. The van der Waals surface area contributed by atoms with E-state index in [1.165, 1.54) is 16.8 Å². The molecule has 0 saturated heterocycles. The summed E-state index contributed by atoms with van der Waals surface area (Å²) in [5.41, 5.74) is 1.67. The Kier molecular flexibility index (Phi) is 4.67. The number of halogens is 4. The summed E-state index contributed by atoms with van der Waals surface area (Å²) in [6, 6.07) is 3.29. The molecular weight excluding hydrogens is 374 g/mol. The molecule has 0 radical (unpaired) electrons. The number of carbonyl (C=O) groups is 1. The summed E-state index contributed by atoms with van der Waals surface area (Å²) in [5.74, 6) is -4.25. The lowest BCUT2D eigenvalue weighted by Crippen LogP contribution is -2.37. The summed E-state index contributed by atoms with van der Waals surface area (Å²) in [5, 5.41) is 7.10. The van der Waals surface area contributed by atoms with E-state index in [4.69, 9.17) is 0 Å². The Bertz CT molecular complexity index is 892. The third kappa shape index (κ3) is 3.64. The second-order valence-corrected chi connectivity index (χ2v) is 7.90. The van der Waals surface area contributed by atoms with Crippen molar-refractivity contribution in [3.05, 3.63) is 35.4 Å². The highest BCUT2D eigenvalue weighted by Crippen LogP contribution is 2.46. The summed E-state index contributed by atoms with van der Waals surface area (Å²) >= 11 is 0. The zero-order valence-electron chi connectivity index (χ0n) is 15.4. The largest absolute Gasteiger partial charge is 0.309 e. The van der Waals surface area contributed by atoms with Crippen LogP contribution >= 0.6 is 0 Å². The number of carbonyl (C=O) groups excluding carboxylic acids is 1. The number of amides is 1. The van der Waals surface area contributed by atoms with Gasteiger partial charge in [0.25, 0.3) is 0 Å². The van der Waals surface area contributed by atoms with Gasteiger partial charge in [-0.25, -0.2) is 17.6 Å². The topological polar surface area (TPSA) is 46.9 Å². The van der Waals surface area contributed by atoms with Crippen molar-refractivity contribution in [3.63, 3.8) is 0 Å². The highest BCUT2D eigenvalue weighted by Gasteiger charge is 2.45. The third-order valence-electron chi connectivity index (χ3n) is 5.64. The van der Waals surface area contributed by atoms with Crippen molar-refractivity contribution in [1.82, 2.24) is 9.78 Å². The maximum Gasteiger partial charge on any atom is 0.248 e. The van der Waals surface area contributed by atoms with Crippen molar-refractivity contribution in [1.29, 1.82) is 0 Å². The first-order valence-electron chi connectivity index (χ1n) is 9.43. The lowest BCUT2D eigenvalue weighted by molar-refractivity contribution is -0.129. The van der Waals surface area contributed by atoms with Gasteiger partial charge >= 0.3 is 0 Å². The molecular formula is C20H21F4N3O. The Balaban J connectivity index is 1.62. The van der Waals surface area contributed by atoms with Crippen LogP contribution in [0.2, 0.25) is 0 Å². The van der Waals surface area contributed by atoms with E-state index in [1.54, 1.807) is 7.05 Å². The molecule has 2 aliphatic carbocycles. The van der Waals surface area contributed by atoms with Crippen LogP contribution in [-0.4, -0.2) is 21.6 Å². The van der Waals surface area contributed by atoms with Crippen LogP contribution in [0.25, 0.3) is 11.3 Å². The smallest absolute Gasteiger partial charge is 0.248 e. The van der Waals surface area contributed by atoms with Crippen LogP contribution in [0.4, 0.5) is 23.4 Å². The number of aryl methyl sites for hydroxylation is 1. The van der Waals surface area contributed by atoms with Gasteiger partial charge in [0.15, 0.2) is 5.82 Å². The summed E-state index contributed by atoms with van der Waals surface area (Å²) in [4.78, 5) is 12.3. The Labute approximate surface area is 159 Å². The SMILES string of the molecule is Cn1nc(NC(=O)CC2CC(F)(F)C2)c(C2CCC2)c1-c1cc(F)cc(F)c1. The van der Waals surface area contributed by atoms with Gasteiger partial charge in [0.05, 0.1) is 5.69 Å². The molecule has 150 valence electrons. The van der Waals surface area contributed by atoms with Crippen molar-refractivity contribution in [2.45, 2.75) is 50.4 Å². The number of nitrogens with one attached hydrogen (secondary N) is 1. The number of alkyl halides is 2. The van der Waals surface area contributed by atoms with Crippen molar-refractivity contribution in [2.75, 3.05) is 5.32 Å². The average molecular weight is 395 g/mol.